The zero-order valence-corrected chi connectivity index (χ0v) is 16.3. The van der Waals surface area contributed by atoms with E-state index in [9.17, 15) is 4.79 Å². The number of carbonyl (C=O) groups excluding carboxylic acids is 1. The second kappa shape index (κ2) is 9.72. The van der Waals surface area contributed by atoms with E-state index in [1.54, 1.807) is 6.26 Å². The van der Waals surface area contributed by atoms with Gasteiger partial charge in [0.2, 0.25) is 5.91 Å². The van der Waals surface area contributed by atoms with Crippen molar-refractivity contribution in [3.63, 3.8) is 0 Å². The Labute approximate surface area is 161 Å². The number of hydrogen-bond donors (Lipinski definition) is 0. The van der Waals surface area contributed by atoms with E-state index in [4.69, 9.17) is 9.15 Å². The third-order valence-electron chi connectivity index (χ3n) is 4.74. The first kappa shape index (κ1) is 19.6. The number of amides is 1. The number of morpholine rings is 1. The molecule has 5 heteroatoms. The highest BCUT2D eigenvalue weighted by molar-refractivity contribution is 5.78. The van der Waals surface area contributed by atoms with E-state index >= 15 is 0 Å². The van der Waals surface area contributed by atoms with E-state index in [0.717, 1.165) is 37.5 Å². The summed E-state index contributed by atoms with van der Waals surface area (Å²) in [6.45, 7) is 8.86. The maximum Gasteiger partial charge on any atom is 0.227 e. The number of ether oxygens (including phenoxy) is 1. The van der Waals surface area contributed by atoms with Gasteiger partial charge in [-0.2, -0.15) is 0 Å². The quantitative estimate of drug-likeness (QED) is 0.716. The topological polar surface area (TPSA) is 45.9 Å². The lowest BCUT2D eigenvalue weighted by Gasteiger charge is -2.36. The van der Waals surface area contributed by atoms with Gasteiger partial charge in [-0.1, -0.05) is 44.2 Å². The summed E-state index contributed by atoms with van der Waals surface area (Å²) in [7, 11) is 0. The van der Waals surface area contributed by atoms with E-state index in [-0.39, 0.29) is 12.0 Å². The Bertz CT molecular complexity index is 685. The minimum Gasteiger partial charge on any atom is -0.468 e. The highest BCUT2D eigenvalue weighted by atomic mass is 16.5. The Kier molecular flexibility index (Phi) is 7.07. The van der Waals surface area contributed by atoms with Crippen LogP contribution in [0.4, 0.5) is 0 Å². The highest BCUT2D eigenvalue weighted by Gasteiger charge is 2.26. The molecular weight excluding hydrogens is 340 g/mol. The highest BCUT2D eigenvalue weighted by Crippen LogP contribution is 2.14. The molecule has 0 radical (unpaired) electrons. The van der Waals surface area contributed by atoms with Crippen LogP contribution in [0.1, 0.15) is 25.2 Å². The molecule has 1 aromatic heterocycles. The van der Waals surface area contributed by atoms with E-state index in [2.05, 4.69) is 18.7 Å². The largest absolute Gasteiger partial charge is 0.468 e. The van der Waals surface area contributed by atoms with Crippen molar-refractivity contribution < 1.29 is 13.9 Å². The molecule has 1 amide bonds. The van der Waals surface area contributed by atoms with Crippen molar-refractivity contribution in [2.45, 2.75) is 32.9 Å². The van der Waals surface area contributed by atoms with Gasteiger partial charge in [0.25, 0.3) is 0 Å². The summed E-state index contributed by atoms with van der Waals surface area (Å²) in [5.74, 6) is 1.56. The second-order valence-electron chi connectivity index (χ2n) is 7.66. The standard InChI is InChI=1S/C22H30N2O3/c1-18(2)14-24(22(25)13-19-7-4-3-5-8-19)17-21-16-23(10-12-27-21)15-20-9-6-11-26-20/h3-9,11,18,21H,10,12-17H2,1-2H3. The van der Waals surface area contributed by atoms with E-state index in [1.165, 1.54) is 0 Å². The summed E-state index contributed by atoms with van der Waals surface area (Å²) >= 11 is 0. The third kappa shape index (κ3) is 6.22. The zero-order chi connectivity index (χ0) is 19.1. The van der Waals surface area contributed by atoms with Crippen molar-refractivity contribution in [1.82, 2.24) is 9.80 Å². The van der Waals surface area contributed by atoms with Crippen LogP contribution in [-0.4, -0.2) is 54.6 Å². The first-order valence-corrected chi connectivity index (χ1v) is 9.78. The lowest BCUT2D eigenvalue weighted by molar-refractivity contribution is -0.134. The smallest absolute Gasteiger partial charge is 0.227 e. The van der Waals surface area contributed by atoms with E-state index < -0.39 is 0 Å². The Balaban J connectivity index is 1.58. The average molecular weight is 370 g/mol. The number of carbonyl (C=O) groups is 1. The molecule has 1 aliphatic heterocycles. The summed E-state index contributed by atoms with van der Waals surface area (Å²) in [4.78, 5) is 17.2. The monoisotopic (exact) mass is 370 g/mol. The minimum atomic E-state index is 0.0344. The van der Waals surface area contributed by atoms with Crippen molar-refractivity contribution in [2.24, 2.45) is 5.92 Å². The number of nitrogens with zero attached hydrogens (tertiary/aromatic N) is 2. The van der Waals surface area contributed by atoms with Crippen LogP contribution >= 0.6 is 0 Å². The molecule has 27 heavy (non-hydrogen) atoms. The molecule has 0 saturated carbocycles. The van der Waals surface area contributed by atoms with Gasteiger partial charge in [-0.15, -0.1) is 0 Å². The van der Waals surface area contributed by atoms with Crippen LogP contribution in [0.25, 0.3) is 0 Å². The summed E-state index contributed by atoms with van der Waals surface area (Å²) in [6.07, 6.45) is 2.18. The molecule has 1 atom stereocenters. The molecule has 1 aliphatic rings. The predicted octanol–water partition coefficient (Wildman–Crippen LogP) is 3.21. The SMILES string of the molecule is CC(C)CN(CC1CN(Cc2ccco2)CCO1)C(=O)Cc1ccccc1. The molecule has 1 saturated heterocycles. The van der Waals surface area contributed by atoms with Gasteiger partial charge < -0.3 is 14.1 Å². The third-order valence-corrected chi connectivity index (χ3v) is 4.74. The Morgan fingerprint density at radius 1 is 1.22 bits per heavy atom. The maximum absolute atomic E-state index is 12.9. The number of hydrogen-bond acceptors (Lipinski definition) is 4. The van der Waals surface area contributed by atoms with Crippen molar-refractivity contribution in [3.05, 3.63) is 60.1 Å². The molecule has 0 N–H and O–H groups in total. The lowest BCUT2D eigenvalue weighted by Crippen LogP contribution is -2.49. The van der Waals surface area contributed by atoms with E-state index in [1.807, 2.05) is 47.4 Å². The minimum absolute atomic E-state index is 0.0344. The van der Waals surface area contributed by atoms with Crippen LogP contribution in [0.15, 0.2) is 53.1 Å². The lowest BCUT2D eigenvalue weighted by atomic mass is 10.1. The molecular formula is C22H30N2O3. The van der Waals surface area contributed by atoms with Gasteiger partial charge in [-0.3, -0.25) is 9.69 Å². The van der Waals surface area contributed by atoms with Crippen molar-refractivity contribution in [1.29, 1.82) is 0 Å². The number of benzene rings is 1. The van der Waals surface area contributed by atoms with Crippen molar-refractivity contribution >= 4 is 5.91 Å². The molecule has 2 heterocycles. The van der Waals surface area contributed by atoms with Gasteiger partial charge in [-0.25, -0.2) is 0 Å². The van der Waals surface area contributed by atoms with Crippen LogP contribution in [0.2, 0.25) is 0 Å². The molecule has 0 bridgehead atoms. The fourth-order valence-electron chi connectivity index (χ4n) is 3.50. The van der Waals surface area contributed by atoms with Gasteiger partial charge in [0, 0.05) is 26.2 Å². The van der Waals surface area contributed by atoms with Gasteiger partial charge in [-0.05, 0) is 23.6 Å². The molecule has 3 rings (SSSR count). The summed E-state index contributed by atoms with van der Waals surface area (Å²) in [6, 6.07) is 13.9. The Morgan fingerprint density at radius 2 is 2.04 bits per heavy atom. The van der Waals surface area contributed by atoms with Crippen LogP contribution in [0, 0.1) is 5.92 Å². The fraction of sp³-hybridized carbons (Fsp3) is 0.500. The molecule has 5 nitrogen and oxygen atoms in total. The van der Waals surface area contributed by atoms with Crippen molar-refractivity contribution in [3.8, 4) is 0 Å². The zero-order valence-electron chi connectivity index (χ0n) is 16.3. The first-order valence-electron chi connectivity index (χ1n) is 9.78. The normalized spacial score (nSPS) is 18.0. The van der Waals surface area contributed by atoms with Crippen LogP contribution in [-0.2, 0) is 22.5 Å². The van der Waals surface area contributed by atoms with Crippen LogP contribution in [0.5, 0.6) is 0 Å². The predicted molar refractivity (Wildman–Crippen MR) is 105 cm³/mol. The summed E-state index contributed by atoms with van der Waals surface area (Å²) in [5, 5.41) is 0. The Morgan fingerprint density at radius 3 is 2.74 bits per heavy atom. The average Bonchev–Trinajstić information content (AvgIpc) is 3.15. The number of rotatable bonds is 8. The second-order valence-corrected chi connectivity index (χ2v) is 7.66. The molecule has 1 unspecified atom stereocenters. The maximum atomic E-state index is 12.9. The fourth-order valence-corrected chi connectivity index (χ4v) is 3.50. The van der Waals surface area contributed by atoms with Crippen molar-refractivity contribution in [2.75, 3.05) is 32.8 Å². The van der Waals surface area contributed by atoms with Gasteiger partial charge >= 0.3 is 0 Å². The van der Waals surface area contributed by atoms with Gasteiger partial charge in [0.15, 0.2) is 0 Å². The molecule has 1 fully saturated rings. The molecule has 2 aromatic rings. The molecule has 0 aliphatic carbocycles. The molecule has 1 aromatic carbocycles. The molecule has 146 valence electrons. The van der Waals surface area contributed by atoms with Gasteiger partial charge in [0.05, 0.1) is 31.9 Å². The summed E-state index contributed by atoms with van der Waals surface area (Å²) < 4.78 is 11.4. The first-order chi connectivity index (χ1) is 13.1. The van der Waals surface area contributed by atoms with Crippen LogP contribution < -0.4 is 0 Å². The molecule has 0 spiro atoms. The van der Waals surface area contributed by atoms with E-state index in [0.29, 0.717) is 25.5 Å². The van der Waals surface area contributed by atoms with Crippen LogP contribution in [0.3, 0.4) is 0 Å². The Hall–Kier alpha value is -2.11. The van der Waals surface area contributed by atoms with Gasteiger partial charge in [0.1, 0.15) is 5.76 Å². The summed E-state index contributed by atoms with van der Waals surface area (Å²) in [5.41, 5.74) is 1.06. The number of furan rings is 1.